The molecular weight excluding hydrogens is 324 g/mol. The van der Waals surface area contributed by atoms with Crippen molar-refractivity contribution in [3.05, 3.63) is 58.1 Å². The van der Waals surface area contributed by atoms with Crippen LogP contribution in [0.3, 0.4) is 0 Å². The molecule has 2 aromatic carbocycles. The number of hydrogen-bond donors (Lipinski definition) is 2. The van der Waals surface area contributed by atoms with E-state index < -0.39 is 0 Å². The second kappa shape index (κ2) is 8.06. The van der Waals surface area contributed by atoms with Crippen molar-refractivity contribution in [1.82, 2.24) is 5.32 Å². The summed E-state index contributed by atoms with van der Waals surface area (Å²) in [6.45, 7) is 8.23. The summed E-state index contributed by atoms with van der Waals surface area (Å²) in [7, 11) is 0. The zero-order chi connectivity index (χ0) is 17.7. The van der Waals surface area contributed by atoms with Gasteiger partial charge in [-0.2, -0.15) is 0 Å². The van der Waals surface area contributed by atoms with E-state index >= 15 is 0 Å². The van der Waals surface area contributed by atoms with Crippen molar-refractivity contribution in [2.24, 2.45) is 0 Å². The lowest BCUT2D eigenvalue weighted by Gasteiger charge is -2.18. The monoisotopic (exact) mass is 346 g/mol. The third-order valence-electron chi connectivity index (χ3n) is 3.71. The van der Waals surface area contributed by atoms with Crippen LogP contribution in [-0.2, 0) is 0 Å². The summed E-state index contributed by atoms with van der Waals surface area (Å²) in [4.78, 5) is 12.1. The average Bonchev–Trinajstić information content (AvgIpc) is 2.50. The summed E-state index contributed by atoms with van der Waals surface area (Å²) in [5.74, 6) is 0.872. The molecule has 2 N–H and O–H groups in total. The number of aryl methyl sites for hydroxylation is 3. The first kappa shape index (κ1) is 18.1. The number of rotatable bonds is 5. The fourth-order valence-electron chi connectivity index (χ4n) is 2.39. The van der Waals surface area contributed by atoms with E-state index in [1.54, 1.807) is 12.1 Å². The first-order chi connectivity index (χ1) is 11.4. The Kier molecular flexibility index (Phi) is 6.10. The second-order valence-corrected chi connectivity index (χ2v) is 6.43. The Morgan fingerprint density at radius 1 is 1.12 bits per heavy atom. The Balaban J connectivity index is 1.89. The second-order valence-electron chi connectivity index (χ2n) is 5.99. The Hall–Kier alpha value is -2.20. The highest BCUT2D eigenvalue weighted by Gasteiger charge is 2.11. The molecule has 0 aliphatic rings. The molecule has 1 atom stereocenters. The molecule has 0 heterocycles. The predicted molar refractivity (Wildman–Crippen MR) is 99.2 cm³/mol. The molecule has 2 rings (SSSR count). The van der Waals surface area contributed by atoms with E-state index in [0.29, 0.717) is 17.3 Å². The van der Waals surface area contributed by atoms with E-state index in [9.17, 15) is 4.79 Å². The van der Waals surface area contributed by atoms with Crippen LogP contribution in [-0.4, -0.2) is 18.7 Å². The normalized spacial score (nSPS) is 11.7. The number of hydrogen-bond acceptors (Lipinski definition) is 2. The number of halogens is 1. The summed E-state index contributed by atoms with van der Waals surface area (Å²) in [5, 5.41) is 6.26. The van der Waals surface area contributed by atoms with Gasteiger partial charge in [-0.15, -0.1) is 0 Å². The number of urea groups is 1. The van der Waals surface area contributed by atoms with Crippen LogP contribution in [0.2, 0.25) is 5.02 Å². The molecule has 4 nitrogen and oxygen atoms in total. The van der Waals surface area contributed by atoms with Crippen LogP contribution in [0.1, 0.15) is 23.6 Å². The summed E-state index contributed by atoms with van der Waals surface area (Å²) in [6, 6.07) is 11.0. The van der Waals surface area contributed by atoms with Crippen LogP contribution < -0.4 is 15.4 Å². The standard InChI is InChI=1S/C19H23ClN2O2/c1-12-8-9-16(20)10-17(12)22-19(23)21-15(4)11-24-18-13(2)6-5-7-14(18)3/h5-10,15H,11H2,1-4H3,(H2,21,22,23). The van der Waals surface area contributed by atoms with E-state index in [0.717, 1.165) is 22.4 Å². The third-order valence-corrected chi connectivity index (χ3v) is 3.95. The quantitative estimate of drug-likeness (QED) is 0.812. The Bertz CT molecular complexity index is 711. The predicted octanol–water partition coefficient (Wildman–Crippen LogP) is 4.85. The summed E-state index contributed by atoms with van der Waals surface area (Å²) in [6.07, 6.45) is 0. The Labute approximate surface area is 148 Å². The molecule has 0 aromatic heterocycles. The van der Waals surface area contributed by atoms with Crippen LogP contribution in [0.5, 0.6) is 5.75 Å². The third kappa shape index (κ3) is 4.90. The molecule has 0 aliphatic carbocycles. The van der Waals surface area contributed by atoms with Crippen molar-refractivity contribution in [3.8, 4) is 5.75 Å². The fourth-order valence-corrected chi connectivity index (χ4v) is 2.56. The molecule has 24 heavy (non-hydrogen) atoms. The zero-order valence-corrected chi connectivity index (χ0v) is 15.2. The number of carbonyl (C=O) groups is 1. The number of benzene rings is 2. The molecule has 5 heteroatoms. The highest BCUT2D eigenvalue weighted by atomic mass is 35.5. The maximum absolute atomic E-state index is 12.1. The van der Waals surface area contributed by atoms with Gasteiger partial charge in [-0.1, -0.05) is 35.9 Å². The zero-order valence-electron chi connectivity index (χ0n) is 14.4. The minimum absolute atomic E-state index is 0.136. The Morgan fingerprint density at radius 3 is 2.46 bits per heavy atom. The first-order valence-corrected chi connectivity index (χ1v) is 8.27. The smallest absolute Gasteiger partial charge is 0.319 e. The summed E-state index contributed by atoms with van der Waals surface area (Å²) < 4.78 is 5.86. The first-order valence-electron chi connectivity index (χ1n) is 7.89. The van der Waals surface area contributed by atoms with Crippen molar-refractivity contribution >= 4 is 23.3 Å². The summed E-state index contributed by atoms with van der Waals surface area (Å²) >= 11 is 5.96. The van der Waals surface area contributed by atoms with Gasteiger partial charge in [-0.25, -0.2) is 4.79 Å². The van der Waals surface area contributed by atoms with Gasteiger partial charge in [-0.3, -0.25) is 0 Å². The lowest BCUT2D eigenvalue weighted by molar-refractivity contribution is 0.236. The lowest BCUT2D eigenvalue weighted by Crippen LogP contribution is -2.39. The fraction of sp³-hybridized carbons (Fsp3) is 0.316. The minimum Gasteiger partial charge on any atom is -0.491 e. The highest BCUT2D eigenvalue weighted by Crippen LogP contribution is 2.22. The van der Waals surface area contributed by atoms with E-state index in [4.69, 9.17) is 16.3 Å². The van der Waals surface area contributed by atoms with E-state index in [1.807, 2.05) is 52.0 Å². The van der Waals surface area contributed by atoms with Gasteiger partial charge in [-0.05, 0) is 56.5 Å². The van der Waals surface area contributed by atoms with Gasteiger partial charge in [0.1, 0.15) is 12.4 Å². The molecule has 0 fully saturated rings. The van der Waals surface area contributed by atoms with Gasteiger partial charge in [0.2, 0.25) is 0 Å². The molecule has 0 saturated heterocycles. The van der Waals surface area contributed by atoms with Gasteiger partial charge in [0.15, 0.2) is 0 Å². The van der Waals surface area contributed by atoms with Gasteiger partial charge >= 0.3 is 6.03 Å². The molecule has 0 saturated carbocycles. The van der Waals surface area contributed by atoms with Gasteiger partial charge in [0.05, 0.1) is 6.04 Å². The molecule has 0 radical (unpaired) electrons. The molecule has 2 amide bonds. The van der Waals surface area contributed by atoms with Crippen LogP contribution in [0, 0.1) is 20.8 Å². The number of carbonyl (C=O) groups excluding carboxylic acids is 1. The van der Waals surface area contributed by atoms with E-state index in [2.05, 4.69) is 10.6 Å². The van der Waals surface area contributed by atoms with Crippen molar-refractivity contribution < 1.29 is 9.53 Å². The molecule has 0 aliphatic heterocycles. The average molecular weight is 347 g/mol. The van der Waals surface area contributed by atoms with Crippen molar-refractivity contribution in [3.63, 3.8) is 0 Å². The number of nitrogens with one attached hydrogen (secondary N) is 2. The molecule has 0 spiro atoms. The Morgan fingerprint density at radius 2 is 1.79 bits per heavy atom. The van der Waals surface area contributed by atoms with Gasteiger partial charge in [0.25, 0.3) is 0 Å². The largest absolute Gasteiger partial charge is 0.491 e. The van der Waals surface area contributed by atoms with Crippen LogP contribution in [0.4, 0.5) is 10.5 Å². The van der Waals surface area contributed by atoms with Crippen molar-refractivity contribution in [2.75, 3.05) is 11.9 Å². The number of ether oxygens (including phenoxy) is 1. The number of anilines is 1. The lowest BCUT2D eigenvalue weighted by atomic mass is 10.1. The van der Waals surface area contributed by atoms with E-state index in [-0.39, 0.29) is 12.1 Å². The maximum atomic E-state index is 12.1. The maximum Gasteiger partial charge on any atom is 0.319 e. The number of amides is 2. The molecule has 1 unspecified atom stereocenters. The minimum atomic E-state index is -0.280. The van der Waals surface area contributed by atoms with Crippen LogP contribution in [0.15, 0.2) is 36.4 Å². The summed E-state index contributed by atoms with van der Waals surface area (Å²) in [5.41, 5.74) is 3.82. The molecule has 0 bridgehead atoms. The van der Waals surface area contributed by atoms with E-state index in [1.165, 1.54) is 0 Å². The molecule has 128 valence electrons. The molecular formula is C19H23ClN2O2. The van der Waals surface area contributed by atoms with Gasteiger partial charge in [0, 0.05) is 10.7 Å². The van der Waals surface area contributed by atoms with Crippen LogP contribution in [0.25, 0.3) is 0 Å². The number of para-hydroxylation sites is 1. The topological polar surface area (TPSA) is 50.4 Å². The highest BCUT2D eigenvalue weighted by molar-refractivity contribution is 6.31. The SMILES string of the molecule is Cc1ccc(Cl)cc1NC(=O)NC(C)COc1c(C)cccc1C. The van der Waals surface area contributed by atoms with Crippen molar-refractivity contribution in [1.29, 1.82) is 0 Å². The molecule has 2 aromatic rings. The van der Waals surface area contributed by atoms with Crippen molar-refractivity contribution in [2.45, 2.75) is 33.7 Å². The van der Waals surface area contributed by atoms with Gasteiger partial charge < -0.3 is 15.4 Å². The van der Waals surface area contributed by atoms with Crippen LogP contribution >= 0.6 is 11.6 Å².